The van der Waals surface area contributed by atoms with E-state index in [1.165, 1.54) is 16.9 Å². The number of carbonyl (C=O) groups excluding carboxylic acids is 2. The van der Waals surface area contributed by atoms with Crippen molar-refractivity contribution < 1.29 is 18.7 Å². The lowest BCUT2D eigenvalue weighted by Gasteiger charge is -2.38. The third-order valence-electron chi connectivity index (χ3n) is 7.90. The highest BCUT2D eigenvalue weighted by molar-refractivity contribution is 9.10. The molecule has 0 saturated carbocycles. The Balaban J connectivity index is 1.26. The van der Waals surface area contributed by atoms with Crippen molar-refractivity contribution in [3.8, 4) is 0 Å². The number of carbonyl (C=O) groups is 2. The summed E-state index contributed by atoms with van der Waals surface area (Å²) in [6, 6.07) is 27.0. The van der Waals surface area contributed by atoms with Gasteiger partial charge in [-0.2, -0.15) is 0 Å². The summed E-state index contributed by atoms with van der Waals surface area (Å²) >= 11 is 6.67. The number of fused-ring (bicyclic) bond motifs is 1. The van der Waals surface area contributed by atoms with E-state index < -0.39 is 5.97 Å². The SMILES string of the molecule is CCOC(=O)c1oc2ccc(SN(CCc3ccccc3)c3ccccc3N3CCN(C(=O)c4sccc4Br)CC3)cc2c1C. The molecular weight excluding hydrogens is 670 g/mol. The monoisotopic (exact) mass is 703 g/mol. The molecule has 6 rings (SSSR count). The molecule has 1 aliphatic heterocycles. The molecule has 0 aliphatic carbocycles. The molecule has 0 spiro atoms. The zero-order valence-corrected chi connectivity index (χ0v) is 28.4. The Morgan fingerprint density at radius 1 is 1.00 bits per heavy atom. The molecule has 1 fully saturated rings. The van der Waals surface area contributed by atoms with Crippen molar-refractivity contribution in [2.24, 2.45) is 0 Å². The van der Waals surface area contributed by atoms with Gasteiger partial charge in [-0.3, -0.25) is 4.79 Å². The van der Waals surface area contributed by atoms with Crippen molar-refractivity contribution in [3.63, 3.8) is 0 Å². The fourth-order valence-electron chi connectivity index (χ4n) is 5.55. The maximum Gasteiger partial charge on any atom is 0.374 e. The van der Waals surface area contributed by atoms with Crippen molar-refractivity contribution in [3.05, 3.63) is 110 Å². The van der Waals surface area contributed by atoms with Crippen LogP contribution in [0.1, 0.15) is 38.3 Å². The molecule has 0 unspecified atom stereocenters. The summed E-state index contributed by atoms with van der Waals surface area (Å²) in [4.78, 5) is 31.8. The number of esters is 1. The quantitative estimate of drug-likeness (QED) is 0.107. The Hall–Kier alpha value is -3.73. The van der Waals surface area contributed by atoms with Crippen molar-refractivity contribution in [2.75, 3.05) is 48.5 Å². The molecule has 0 atom stereocenters. The molecular formula is C35H34BrN3O4S2. The number of thiophene rings is 1. The Bertz CT molecular complexity index is 1800. The second kappa shape index (κ2) is 14.1. The second-order valence-corrected chi connectivity index (χ2v) is 13.6. The van der Waals surface area contributed by atoms with Crippen molar-refractivity contribution in [2.45, 2.75) is 25.2 Å². The van der Waals surface area contributed by atoms with Crippen LogP contribution in [-0.2, 0) is 11.2 Å². The van der Waals surface area contributed by atoms with Crippen LogP contribution in [0.4, 0.5) is 11.4 Å². The summed E-state index contributed by atoms with van der Waals surface area (Å²) < 4.78 is 14.3. The minimum Gasteiger partial charge on any atom is -0.460 e. The Morgan fingerprint density at radius 3 is 2.49 bits per heavy atom. The first-order valence-corrected chi connectivity index (χ1v) is 17.4. The van der Waals surface area contributed by atoms with Gasteiger partial charge in [0, 0.05) is 53.0 Å². The maximum atomic E-state index is 13.2. The van der Waals surface area contributed by atoms with Crippen LogP contribution in [0.15, 0.2) is 98.0 Å². The normalized spacial score (nSPS) is 13.3. The van der Waals surface area contributed by atoms with Gasteiger partial charge in [-0.25, -0.2) is 4.79 Å². The van der Waals surface area contributed by atoms with Gasteiger partial charge in [0.25, 0.3) is 5.91 Å². The van der Waals surface area contributed by atoms with E-state index in [9.17, 15) is 9.59 Å². The number of benzene rings is 3. The molecule has 0 N–H and O–H groups in total. The average molecular weight is 705 g/mol. The number of piperazine rings is 1. The highest BCUT2D eigenvalue weighted by Gasteiger charge is 2.27. The number of hydrogen-bond acceptors (Lipinski definition) is 8. The number of halogens is 1. The van der Waals surface area contributed by atoms with Gasteiger partial charge in [-0.1, -0.05) is 42.5 Å². The third kappa shape index (κ3) is 6.93. The molecule has 45 heavy (non-hydrogen) atoms. The molecule has 3 aromatic carbocycles. The van der Waals surface area contributed by atoms with E-state index in [0.29, 0.717) is 25.3 Å². The standard InChI is InChI=1S/C35H34BrN3O4S2/c1-3-42-35(41)32-24(2)27-23-26(13-14-31(27)43-32)45-39(17-15-25-9-5-4-6-10-25)30-12-8-7-11-29(30)37-18-20-38(21-19-37)34(40)33-28(36)16-22-44-33/h4-14,16,22-23H,3,15,17-21H2,1-2H3. The first kappa shape index (κ1) is 31.3. The molecule has 2 aromatic heterocycles. The number of anilines is 2. The van der Waals surface area contributed by atoms with Gasteiger partial charge < -0.3 is 23.3 Å². The van der Waals surface area contributed by atoms with Crippen LogP contribution in [0.5, 0.6) is 0 Å². The van der Waals surface area contributed by atoms with E-state index >= 15 is 0 Å². The van der Waals surface area contributed by atoms with Gasteiger partial charge in [-0.05, 0) is 95.5 Å². The summed E-state index contributed by atoms with van der Waals surface area (Å²) in [6.45, 7) is 7.59. The Morgan fingerprint density at radius 2 is 1.76 bits per heavy atom. The van der Waals surface area contributed by atoms with Crippen LogP contribution in [0.3, 0.4) is 0 Å². The van der Waals surface area contributed by atoms with Crippen molar-refractivity contribution in [1.29, 1.82) is 0 Å². The molecule has 0 radical (unpaired) electrons. The van der Waals surface area contributed by atoms with Crippen LogP contribution in [-0.4, -0.2) is 56.1 Å². The summed E-state index contributed by atoms with van der Waals surface area (Å²) in [5.41, 5.74) is 4.98. The number of amides is 1. The van der Waals surface area contributed by atoms with E-state index in [4.69, 9.17) is 9.15 Å². The number of ether oxygens (including phenoxy) is 1. The second-order valence-electron chi connectivity index (χ2n) is 10.7. The van der Waals surface area contributed by atoms with Crippen molar-refractivity contribution >= 4 is 73.4 Å². The Labute approximate surface area is 280 Å². The number of hydrogen-bond donors (Lipinski definition) is 0. The fraction of sp³-hybridized carbons (Fsp3) is 0.257. The highest BCUT2D eigenvalue weighted by atomic mass is 79.9. The third-order valence-corrected chi connectivity index (χ3v) is 10.8. The van der Waals surface area contributed by atoms with Gasteiger partial charge in [0.15, 0.2) is 0 Å². The van der Waals surface area contributed by atoms with Gasteiger partial charge in [0.05, 0.1) is 18.0 Å². The number of para-hydroxylation sites is 2. The molecule has 1 saturated heterocycles. The van der Waals surface area contributed by atoms with E-state index in [-0.39, 0.29) is 11.7 Å². The fourth-order valence-corrected chi connectivity index (χ4v) is 8.05. The molecule has 10 heteroatoms. The minimum atomic E-state index is -0.441. The predicted octanol–water partition coefficient (Wildman–Crippen LogP) is 8.46. The first-order chi connectivity index (χ1) is 21.9. The van der Waals surface area contributed by atoms with E-state index in [0.717, 1.165) is 62.6 Å². The lowest BCUT2D eigenvalue weighted by atomic mass is 10.1. The van der Waals surface area contributed by atoms with Gasteiger partial charge in [0.1, 0.15) is 10.5 Å². The van der Waals surface area contributed by atoms with E-state index in [1.807, 2.05) is 41.5 Å². The van der Waals surface area contributed by atoms with Crippen LogP contribution in [0.25, 0.3) is 11.0 Å². The Kier molecular flexibility index (Phi) is 9.82. The van der Waals surface area contributed by atoms with E-state index in [1.54, 1.807) is 18.9 Å². The molecule has 1 aliphatic rings. The first-order valence-electron chi connectivity index (χ1n) is 15.0. The lowest BCUT2D eigenvalue weighted by Crippen LogP contribution is -2.49. The smallest absolute Gasteiger partial charge is 0.374 e. The number of rotatable bonds is 10. The molecule has 7 nitrogen and oxygen atoms in total. The minimum absolute atomic E-state index is 0.0842. The zero-order chi connectivity index (χ0) is 31.3. The average Bonchev–Trinajstić information content (AvgIpc) is 3.65. The zero-order valence-electron chi connectivity index (χ0n) is 25.2. The van der Waals surface area contributed by atoms with Crippen LogP contribution in [0.2, 0.25) is 0 Å². The van der Waals surface area contributed by atoms with Gasteiger partial charge >= 0.3 is 5.97 Å². The number of nitrogens with zero attached hydrogens (tertiary/aromatic N) is 3. The molecule has 3 heterocycles. The molecule has 232 valence electrons. The highest BCUT2D eigenvalue weighted by Crippen LogP contribution is 2.39. The van der Waals surface area contributed by atoms with Crippen LogP contribution >= 0.6 is 39.2 Å². The largest absolute Gasteiger partial charge is 0.460 e. The molecule has 0 bridgehead atoms. The summed E-state index contributed by atoms with van der Waals surface area (Å²) in [5.74, 6) is -0.103. The van der Waals surface area contributed by atoms with Crippen LogP contribution in [0, 0.1) is 6.92 Å². The summed E-state index contributed by atoms with van der Waals surface area (Å²) in [7, 11) is 0. The van der Waals surface area contributed by atoms with E-state index in [2.05, 4.69) is 79.7 Å². The molecule has 5 aromatic rings. The predicted molar refractivity (Wildman–Crippen MR) is 187 cm³/mol. The summed E-state index contributed by atoms with van der Waals surface area (Å²) in [5, 5.41) is 2.84. The maximum absolute atomic E-state index is 13.2. The van der Waals surface area contributed by atoms with Gasteiger partial charge in [-0.15, -0.1) is 11.3 Å². The van der Waals surface area contributed by atoms with Gasteiger partial charge in [0.2, 0.25) is 5.76 Å². The topological polar surface area (TPSA) is 66.2 Å². The lowest BCUT2D eigenvalue weighted by molar-refractivity contribution is 0.0491. The number of furan rings is 1. The summed E-state index contributed by atoms with van der Waals surface area (Å²) in [6.07, 6.45) is 0.875. The number of aryl methyl sites for hydroxylation is 1. The van der Waals surface area contributed by atoms with Crippen molar-refractivity contribution in [1.82, 2.24) is 4.90 Å². The van der Waals surface area contributed by atoms with Crippen LogP contribution < -0.4 is 9.21 Å². The molecule has 1 amide bonds.